The van der Waals surface area contributed by atoms with Gasteiger partial charge in [0, 0.05) is 29.8 Å². The third-order valence-corrected chi connectivity index (χ3v) is 4.01. The van der Waals surface area contributed by atoms with Crippen LogP contribution >= 0.6 is 11.3 Å². The molecule has 4 N–H and O–H groups in total. The summed E-state index contributed by atoms with van der Waals surface area (Å²) in [5.74, 6) is 0.379. The van der Waals surface area contributed by atoms with Crippen LogP contribution in [0.1, 0.15) is 0 Å². The van der Waals surface area contributed by atoms with Crippen LogP contribution in [0.5, 0.6) is 5.88 Å². The van der Waals surface area contributed by atoms with Crippen molar-refractivity contribution in [2.75, 3.05) is 19.4 Å². The standard InChI is InChI=1S/C15H15N7O2S/c1-18-22-12(21-17)8-24-14-13(16)10(9-2-4-23-7-9)6-11(20-14)15-19-3-5-25-15/h2-7,17-18H,8,16H2,1H3/b21-17?,22-12-. The number of hydrogen-bond donors (Lipinski definition) is 3. The molecule has 128 valence electrons. The normalized spacial score (nSPS) is 11.3. The van der Waals surface area contributed by atoms with Crippen molar-refractivity contribution in [3.05, 3.63) is 36.2 Å². The smallest absolute Gasteiger partial charge is 0.238 e. The summed E-state index contributed by atoms with van der Waals surface area (Å²) < 4.78 is 10.8. The molecule has 0 aliphatic carbocycles. The maximum atomic E-state index is 7.10. The maximum absolute atomic E-state index is 7.10. The second-order valence-electron chi connectivity index (χ2n) is 4.78. The van der Waals surface area contributed by atoms with Gasteiger partial charge in [0.2, 0.25) is 11.7 Å². The molecule has 0 atom stereocenters. The molecule has 10 heteroatoms. The van der Waals surface area contributed by atoms with E-state index in [1.165, 1.54) is 11.3 Å². The molecule has 0 saturated carbocycles. The van der Waals surface area contributed by atoms with Gasteiger partial charge in [0.05, 0.1) is 12.5 Å². The lowest BCUT2D eigenvalue weighted by Crippen LogP contribution is -2.14. The van der Waals surface area contributed by atoms with Crippen LogP contribution in [0.2, 0.25) is 0 Å². The van der Waals surface area contributed by atoms with Gasteiger partial charge in [-0.3, -0.25) is 0 Å². The average Bonchev–Trinajstić information content (AvgIpc) is 3.33. The third kappa shape index (κ3) is 3.63. The summed E-state index contributed by atoms with van der Waals surface area (Å²) in [4.78, 5) is 8.72. The Kier molecular flexibility index (Phi) is 5.00. The highest BCUT2D eigenvalue weighted by molar-refractivity contribution is 7.13. The molecule has 0 aliphatic rings. The Morgan fingerprint density at radius 2 is 2.40 bits per heavy atom. The second-order valence-corrected chi connectivity index (χ2v) is 5.67. The Balaban J connectivity index is 2.01. The van der Waals surface area contributed by atoms with Crippen molar-refractivity contribution in [2.45, 2.75) is 0 Å². The van der Waals surface area contributed by atoms with Crippen LogP contribution in [0.4, 0.5) is 5.69 Å². The maximum Gasteiger partial charge on any atom is 0.238 e. The first-order chi connectivity index (χ1) is 12.2. The van der Waals surface area contributed by atoms with Crippen LogP contribution in [-0.4, -0.2) is 29.5 Å². The molecule has 0 aliphatic heterocycles. The fraction of sp³-hybridized carbons (Fsp3) is 0.133. The first kappa shape index (κ1) is 16.6. The summed E-state index contributed by atoms with van der Waals surface area (Å²) in [6.07, 6.45) is 4.86. The topological polar surface area (TPSA) is 135 Å². The summed E-state index contributed by atoms with van der Waals surface area (Å²) >= 11 is 1.46. The fourth-order valence-electron chi connectivity index (χ4n) is 2.11. The van der Waals surface area contributed by atoms with E-state index in [1.54, 1.807) is 31.8 Å². The van der Waals surface area contributed by atoms with Crippen LogP contribution in [0.15, 0.2) is 50.9 Å². The van der Waals surface area contributed by atoms with Gasteiger partial charge in [0.15, 0.2) is 6.61 Å². The summed E-state index contributed by atoms with van der Waals surface area (Å²) in [7, 11) is 1.61. The number of thiazole rings is 1. The van der Waals surface area contributed by atoms with E-state index in [9.17, 15) is 0 Å². The Bertz CT molecular complexity index is 876. The molecule has 0 unspecified atom stereocenters. The van der Waals surface area contributed by atoms with Crippen molar-refractivity contribution in [1.29, 1.82) is 5.53 Å². The molecule has 3 rings (SSSR count). The fourth-order valence-corrected chi connectivity index (χ4v) is 2.71. The summed E-state index contributed by atoms with van der Waals surface area (Å²) in [5, 5.41) is 9.71. The summed E-state index contributed by atoms with van der Waals surface area (Å²) in [6, 6.07) is 3.64. The molecule has 0 spiro atoms. The average molecular weight is 357 g/mol. The number of furan rings is 1. The third-order valence-electron chi connectivity index (χ3n) is 3.22. The van der Waals surface area contributed by atoms with Crippen molar-refractivity contribution in [3.8, 4) is 27.7 Å². The Morgan fingerprint density at radius 3 is 3.04 bits per heavy atom. The number of amidine groups is 1. The van der Waals surface area contributed by atoms with Gasteiger partial charge in [-0.1, -0.05) is 0 Å². The highest BCUT2D eigenvalue weighted by atomic mass is 32.1. The number of pyridine rings is 1. The molecule has 3 aromatic rings. The van der Waals surface area contributed by atoms with Gasteiger partial charge in [-0.25, -0.2) is 15.5 Å². The quantitative estimate of drug-likeness (QED) is 0.269. The van der Waals surface area contributed by atoms with Crippen LogP contribution in [-0.2, 0) is 0 Å². The molecule has 3 aromatic heterocycles. The van der Waals surface area contributed by atoms with Gasteiger partial charge in [0.1, 0.15) is 16.4 Å². The molecule has 0 aromatic carbocycles. The minimum Gasteiger partial charge on any atom is -0.472 e. The highest BCUT2D eigenvalue weighted by Crippen LogP contribution is 2.36. The molecule has 0 saturated heterocycles. The number of ether oxygens (including phenoxy) is 1. The number of hydrazone groups is 1. The van der Waals surface area contributed by atoms with Gasteiger partial charge >= 0.3 is 0 Å². The number of nitrogens with zero attached hydrogens (tertiary/aromatic N) is 4. The predicted molar refractivity (Wildman–Crippen MR) is 94.6 cm³/mol. The van der Waals surface area contributed by atoms with Gasteiger partial charge < -0.3 is 20.3 Å². The molecule has 0 fully saturated rings. The molecule has 9 nitrogen and oxygen atoms in total. The largest absolute Gasteiger partial charge is 0.472 e. The Labute approximate surface area is 147 Å². The van der Waals surface area contributed by atoms with E-state index in [-0.39, 0.29) is 18.3 Å². The lowest BCUT2D eigenvalue weighted by Gasteiger charge is -2.12. The Morgan fingerprint density at radius 1 is 1.52 bits per heavy atom. The van der Waals surface area contributed by atoms with Crippen LogP contribution < -0.4 is 15.9 Å². The van der Waals surface area contributed by atoms with Gasteiger partial charge in [0.25, 0.3) is 0 Å². The van der Waals surface area contributed by atoms with E-state index in [2.05, 4.69) is 25.6 Å². The summed E-state index contributed by atoms with van der Waals surface area (Å²) in [5.41, 5.74) is 18.4. The predicted octanol–water partition coefficient (Wildman–Crippen LogP) is 2.99. The molecule has 3 heterocycles. The minimum absolute atomic E-state index is 0.0479. The van der Waals surface area contributed by atoms with E-state index in [0.29, 0.717) is 11.4 Å². The number of nitrogen functional groups attached to an aromatic ring is 1. The van der Waals surface area contributed by atoms with E-state index < -0.39 is 0 Å². The number of aromatic nitrogens is 2. The highest BCUT2D eigenvalue weighted by Gasteiger charge is 2.16. The zero-order valence-corrected chi connectivity index (χ0v) is 14.1. The van der Waals surface area contributed by atoms with E-state index in [0.717, 1.165) is 16.1 Å². The summed E-state index contributed by atoms with van der Waals surface area (Å²) in [6.45, 7) is -0.0479. The first-order valence-electron chi connectivity index (χ1n) is 7.19. The van der Waals surface area contributed by atoms with Crippen LogP contribution in [0.25, 0.3) is 21.8 Å². The van der Waals surface area contributed by atoms with Gasteiger partial charge in [-0.15, -0.1) is 16.5 Å². The molecular formula is C15H15N7O2S. The van der Waals surface area contributed by atoms with Crippen molar-refractivity contribution >= 4 is 22.9 Å². The molecule has 0 amide bonds. The van der Waals surface area contributed by atoms with E-state index in [1.807, 2.05) is 11.4 Å². The monoisotopic (exact) mass is 357 g/mol. The number of nitrogens with two attached hydrogens (primary N) is 1. The second kappa shape index (κ2) is 7.53. The number of hydrogen-bond acceptors (Lipinski definition) is 9. The van der Waals surface area contributed by atoms with Crippen LogP contribution in [0, 0.1) is 5.53 Å². The van der Waals surface area contributed by atoms with E-state index >= 15 is 0 Å². The van der Waals surface area contributed by atoms with Crippen molar-refractivity contribution in [1.82, 2.24) is 15.4 Å². The zero-order valence-electron chi connectivity index (χ0n) is 13.3. The first-order valence-corrected chi connectivity index (χ1v) is 8.07. The minimum atomic E-state index is -0.0479. The van der Waals surface area contributed by atoms with Gasteiger partial charge in [-0.2, -0.15) is 5.10 Å². The molecule has 0 radical (unpaired) electrons. The SMILES string of the molecule is CN/N=C(/COc1nc(-c2nccs2)cc(-c2ccoc2)c1N)N=N. The molecular weight excluding hydrogens is 342 g/mol. The molecule has 25 heavy (non-hydrogen) atoms. The van der Waals surface area contributed by atoms with Crippen LogP contribution in [0.3, 0.4) is 0 Å². The number of rotatable bonds is 6. The Hall–Kier alpha value is -3.27. The number of anilines is 1. The van der Waals surface area contributed by atoms with Crippen molar-refractivity contribution < 1.29 is 9.15 Å². The van der Waals surface area contributed by atoms with Crippen molar-refractivity contribution in [2.24, 2.45) is 10.2 Å². The molecule has 0 bridgehead atoms. The lowest BCUT2D eigenvalue weighted by molar-refractivity contribution is 0.361. The van der Waals surface area contributed by atoms with Crippen molar-refractivity contribution in [3.63, 3.8) is 0 Å². The lowest BCUT2D eigenvalue weighted by atomic mass is 10.1. The van der Waals surface area contributed by atoms with E-state index in [4.69, 9.17) is 20.4 Å². The zero-order chi connectivity index (χ0) is 17.6. The van der Waals surface area contributed by atoms with Gasteiger partial charge in [-0.05, 0) is 12.1 Å². The number of nitrogens with one attached hydrogen (secondary N) is 2.